The first-order valence-corrected chi connectivity index (χ1v) is 11.0. The van der Waals surface area contributed by atoms with Crippen molar-refractivity contribution in [2.45, 2.75) is 78.9 Å². The van der Waals surface area contributed by atoms with Gasteiger partial charge in [-0.05, 0) is 44.9 Å². The molecule has 1 saturated heterocycles. The third kappa shape index (κ3) is 3.74. The second-order valence-electron chi connectivity index (χ2n) is 9.79. The summed E-state index contributed by atoms with van der Waals surface area (Å²) in [4.78, 5) is 39.4. The van der Waals surface area contributed by atoms with Gasteiger partial charge in [-0.3, -0.25) is 14.4 Å². The Kier molecular flexibility index (Phi) is 6.19. The lowest BCUT2D eigenvalue weighted by Gasteiger charge is -2.45. The Balaban J connectivity index is 2.16. The van der Waals surface area contributed by atoms with Gasteiger partial charge >= 0.3 is 0 Å². The molecule has 5 heteroatoms. The van der Waals surface area contributed by atoms with Gasteiger partial charge in [-0.15, -0.1) is 0 Å². The van der Waals surface area contributed by atoms with Gasteiger partial charge in [0.25, 0.3) is 0 Å². The number of nitrogens with one attached hydrogen (secondary N) is 1. The van der Waals surface area contributed by atoms with E-state index >= 15 is 0 Å². The molecule has 0 aromatic carbocycles. The molecule has 0 unspecified atom stereocenters. The topological polar surface area (TPSA) is 83.5 Å². The Bertz CT molecular complexity index is 765. The molecule has 1 aliphatic heterocycles. The fourth-order valence-corrected chi connectivity index (χ4v) is 5.72. The summed E-state index contributed by atoms with van der Waals surface area (Å²) in [5, 5.41) is 13.4. The molecule has 29 heavy (non-hydrogen) atoms. The number of Topliss-reactive ketones (excluding diaryl/α,β-unsaturated/α-hetero) is 2. The van der Waals surface area contributed by atoms with E-state index in [1.807, 2.05) is 13.0 Å². The van der Waals surface area contributed by atoms with E-state index in [1.54, 1.807) is 0 Å². The molecule has 160 valence electrons. The van der Waals surface area contributed by atoms with Crippen LogP contribution in [0.1, 0.15) is 66.7 Å². The lowest BCUT2D eigenvalue weighted by atomic mass is 9.54. The minimum atomic E-state index is -1.15. The van der Waals surface area contributed by atoms with Crippen LogP contribution in [0.2, 0.25) is 0 Å². The predicted octanol–water partition coefficient (Wildman–Crippen LogP) is 3.37. The minimum Gasteiger partial charge on any atom is -0.385 e. The first-order chi connectivity index (χ1) is 13.6. The van der Waals surface area contributed by atoms with Crippen LogP contribution in [0.25, 0.3) is 0 Å². The highest BCUT2D eigenvalue weighted by atomic mass is 16.3. The number of carbonyl (C=O) groups excluding carboxylic acids is 3. The summed E-state index contributed by atoms with van der Waals surface area (Å²) in [5.41, 5.74) is 1.05. The van der Waals surface area contributed by atoms with Gasteiger partial charge in [0.2, 0.25) is 5.91 Å². The number of allylic oxidation sites excluding steroid dienone is 4. The monoisotopic (exact) mass is 401 g/mol. The maximum Gasteiger partial charge on any atom is 0.235 e. The zero-order valence-electron chi connectivity index (χ0n) is 18.3. The van der Waals surface area contributed by atoms with Gasteiger partial charge in [-0.25, -0.2) is 0 Å². The van der Waals surface area contributed by atoms with Crippen LogP contribution in [0.5, 0.6) is 0 Å². The van der Waals surface area contributed by atoms with E-state index < -0.39 is 11.5 Å². The molecular weight excluding hydrogens is 366 g/mol. The number of carbonyl (C=O) groups is 3. The Morgan fingerprint density at radius 3 is 2.48 bits per heavy atom. The fraction of sp³-hybridized carbons (Fsp3) is 0.708. The van der Waals surface area contributed by atoms with Crippen molar-refractivity contribution in [3.8, 4) is 0 Å². The van der Waals surface area contributed by atoms with Gasteiger partial charge in [0.05, 0.1) is 0 Å². The summed E-state index contributed by atoms with van der Waals surface area (Å²) in [6, 6.07) is -0.0435. The van der Waals surface area contributed by atoms with E-state index in [1.165, 1.54) is 5.57 Å². The zero-order valence-corrected chi connectivity index (χ0v) is 18.3. The predicted molar refractivity (Wildman–Crippen MR) is 112 cm³/mol. The second-order valence-corrected chi connectivity index (χ2v) is 9.79. The minimum absolute atomic E-state index is 0.0435. The van der Waals surface area contributed by atoms with Crippen molar-refractivity contribution in [1.29, 1.82) is 0 Å². The van der Waals surface area contributed by atoms with E-state index in [-0.39, 0.29) is 60.5 Å². The van der Waals surface area contributed by atoms with Crippen LogP contribution in [-0.4, -0.2) is 34.7 Å². The van der Waals surface area contributed by atoms with Crippen molar-refractivity contribution in [2.24, 2.45) is 29.1 Å². The Hall–Kier alpha value is -1.75. The molecule has 0 aromatic heterocycles. The smallest absolute Gasteiger partial charge is 0.235 e. The molecule has 1 spiro atoms. The van der Waals surface area contributed by atoms with E-state index in [0.717, 1.165) is 12.0 Å². The second kappa shape index (κ2) is 8.17. The third-order valence-corrected chi connectivity index (χ3v) is 7.31. The van der Waals surface area contributed by atoms with Crippen molar-refractivity contribution in [3.05, 3.63) is 23.3 Å². The normalized spacial score (nSPS) is 40.4. The first-order valence-electron chi connectivity index (χ1n) is 11.0. The SMILES string of the molecule is CC1=C[C@@H]2/C=C(\C)CCC(=O)[C@@H](O)CCC(=O)[C@]23C(=O)N[C@@H](CC(C)C)[C@@H]3[C@@H]1C. The summed E-state index contributed by atoms with van der Waals surface area (Å²) >= 11 is 0. The molecule has 3 aliphatic rings. The van der Waals surface area contributed by atoms with Gasteiger partial charge < -0.3 is 10.4 Å². The maximum absolute atomic E-state index is 13.7. The Morgan fingerprint density at radius 1 is 1.14 bits per heavy atom. The Morgan fingerprint density at radius 2 is 1.83 bits per heavy atom. The van der Waals surface area contributed by atoms with Crippen molar-refractivity contribution in [1.82, 2.24) is 5.32 Å². The van der Waals surface area contributed by atoms with Crippen LogP contribution in [0.3, 0.4) is 0 Å². The largest absolute Gasteiger partial charge is 0.385 e. The molecule has 1 amide bonds. The number of aliphatic hydroxyl groups is 1. The van der Waals surface area contributed by atoms with Crippen LogP contribution in [-0.2, 0) is 14.4 Å². The van der Waals surface area contributed by atoms with Crippen molar-refractivity contribution < 1.29 is 19.5 Å². The van der Waals surface area contributed by atoms with E-state index in [2.05, 4.69) is 39.1 Å². The highest BCUT2D eigenvalue weighted by Gasteiger charge is 2.65. The highest BCUT2D eigenvalue weighted by molar-refractivity contribution is 6.09. The summed E-state index contributed by atoms with van der Waals surface area (Å²) in [5.74, 6) is -0.438. The van der Waals surface area contributed by atoms with Crippen LogP contribution in [0.15, 0.2) is 23.3 Å². The molecule has 0 radical (unpaired) electrons. The van der Waals surface area contributed by atoms with E-state index in [4.69, 9.17) is 0 Å². The van der Waals surface area contributed by atoms with Crippen molar-refractivity contribution >= 4 is 17.5 Å². The van der Waals surface area contributed by atoms with Gasteiger partial charge in [0, 0.05) is 30.7 Å². The molecule has 2 N–H and O–H groups in total. The molecule has 1 heterocycles. The van der Waals surface area contributed by atoms with Crippen molar-refractivity contribution in [3.63, 3.8) is 0 Å². The third-order valence-electron chi connectivity index (χ3n) is 7.31. The lowest BCUT2D eigenvalue weighted by molar-refractivity contribution is -0.145. The Labute approximate surface area is 174 Å². The van der Waals surface area contributed by atoms with E-state index in [0.29, 0.717) is 12.3 Å². The number of amides is 1. The summed E-state index contributed by atoms with van der Waals surface area (Å²) < 4.78 is 0. The molecular formula is C24H35NO4. The zero-order chi connectivity index (χ0) is 21.5. The number of hydrogen-bond acceptors (Lipinski definition) is 4. The summed E-state index contributed by atoms with van der Waals surface area (Å²) in [7, 11) is 0. The van der Waals surface area contributed by atoms with Crippen LogP contribution in [0.4, 0.5) is 0 Å². The lowest BCUT2D eigenvalue weighted by Crippen LogP contribution is -2.52. The standard InChI is InChI=1S/C24H35NO4/c1-13(2)10-18-22-16(5)15(4)12-17-11-14(3)6-7-19(26)20(27)8-9-21(28)24(17,22)23(29)25-18/h11-13,16-18,20,22,27H,6-10H2,1-5H3,(H,25,29)/b14-11+/t16-,17+,18+,20+,22+,24-/m1/s1. The van der Waals surface area contributed by atoms with Crippen LogP contribution < -0.4 is 5.32 Å². The average molecular weight is 402 g/mol. The number of ketones is 2. The molecule has 1 fully saturated rings. The van der Waals surface area contributed by atoms with Gasteiger partial charge in [-0.1, -0.05) is 44.1 Å². The molecule has 0 aromatic rings. The summed E-state index contributed by atoms with van der Waals surface area (Å²) in [6.07, 6.45) is 4.78. The van der Waals surface area contributed by atoms with E-state index in [9.17, 15) is 19.5 Å². The maximum atomic E-state index is 13.7. The van der Waals surface area contributed by atoms with Crippen molar-refractivity contribution in [2.75, 3.05) is 0 Å². The van der Waals surface area contributed by atoms with Crippen LogP contribution >= 0.6 is 0 Å². The highest BCUT2D eigenvalue weighted by Crippen LogP contribution is 2.55. The first kappa shape index (κ1) is 21.9. The van der Waals surface area contributed by atoms with Crippen LogP contribution in [0, 0.1) is 29.1 Å². The van der Waals surface area contributed by atoms with Gasteiger partial charge in [0.1, 0.15) is 17.3 Å². The fourth-order valence-electron chi connectivity index (χ4n) is 5.72. The summed E-state index contributed by atoms with van der Waals surface area (Å²) in [6.45, 7) is 10.4. The quantitative estimate of drug-likeness (QED) is 0.549. The molecule has 0 saturated carbocycles. The molecule has 2 aliphatic carbocycles. The van der Waals surface area contributed by atoms with Gasteiger partial charge in [-0.2, -0.15) is 0 Å². The average Bonchev–Trinajstić information content (AvgIpc) is 2.93. The molecule has 5 nitrogen and oxygen atoms in total. The molecule has 0 bridgehead atoms. The number of rotatable bonds is 2. The van der Waals surface area contributed by atoms with Gasteiger partial charge in [0.15, 0.2) is 5.78 Å². The molecule has 3 rings (SSSR count). The molecule has 6 atom stereocenters. The number of hydrogen-bond donors (Lipinski definition) is 2. The number of aliphatic hydroxyl groups excluding tert-OH is 1.